The van der Waals surface area contributed by atoms with E-state index in [1.807, 2.05) is 0 Å². The Kier molecular flexibility index (Phi) is 4.48. The molecular weight excluding hydrogens is 307 g/mol. The van der Waals surface area contributed by atoms with Gasteiger partial charge < -0.3 is 10.5 Å². The van der Waals surface area contributed by atoms with Gasteiger partial charge in [-0.3, -0.25) is 0 Å². The third kappa shape index (κ3) is 3.68. The Morgan fingerprint density at radius 1 is 1.14 bits per heavy atom. The summed E-state index contributed by atoms with van der Waals surface area (Å²) in [5, 5.41) is 0. The predicted molar refractivity (Wildman–Crippen MR) is 70.5 cm³/mol. The van der Waals surface area contributed by atoms with E-state index in [0.29, 0.717) is 12.2 Å². The summed E-state index contributed by atoms with van der Waals surface area (Å²) in [5.41, 5.74) is 0.523. The molecule has 4 nitrogen and oxygen atoms in total. The molecule has 1 aliphatic rings. The van der Waals surface area contributed by atoms with Crippen LogP contribution in [0.1, 0.15) is 25.7 Å². The molecule has 2 N–H and O–H groups in total. The lowest BCUT2D eigenvalue weighted by atomic mass is 9.93. The van der Waals surface area contributed by atoms with Crippen LogP contribution in [0.25, 0.3) is 0 Å². The van der Waals surface area contributed by atoms with Gasteiger partial charge >= 0.3 is 5.51 Å². The highest BCUT2D eigenvalue weighted by Crippen LogP contribution is 2.31. The first kappa shape index (κ1) is 16.1. The third-order valence-corrected chi connectivity index (χ3v) is 4.91. The number of rotatable bonds is 3. The summed E-state index contributed by atoms with van der Waals surface area (Å²) in [5.74, 6) is 0.343. The molecular formula is C13H16F3NO3S. The summed E-state index contributed by atoms with van der Waals surface area (Å²) < 4.78 is 65.3. The summed E-state index contributed by atoms with van der Waals surface area (Å²) in [6.07, 6.45) is 3.30. The second-order valence-electron chi connectivity index (χ2n) is 5.09. The van der Waals surface area contributed by atoms with Crippen LogP contribution < -0.4 is 10.5 Å². The van der Waals surface area contributed by atoms with Gasteiger partial charge in [0.1, 0.15) is 11.9 Å². The van der Waals surface area contributed by atoms with Crippen molar-refractivity contribution in [3.63, 3.8) is 0 Å². The first-order valence-corrected chi connectivity index (χ1v) is 8.02. The van der Waals surface area contributed by atoms with Gasteiger partial charge in [-0.2, -0.15) is 13.2 Å². The van der Waals surface area contributed by atoms with E-state index in [-0.39, 0.29) is 12.1 Å². The zero-order valence-corrected chi connectivity index (χ0v) is 12.0. The molecule has 1 aliphatic carbocycles. The zero-order valence-electron chi connectivity index (χ0n) is 11.1. The monoisotopic (exact) mass is 323 g/mol. The van der Waals surface area contributed by atoms with Gasteiger partial charge in [0.05, 0.1) is 4.90 Å². The van der Waals surface area contributed by atoms with Crippen molar-refractivity contribution in [2.75, 3.05) is 0 Å². The Morgan fingerprint density at radius 3 is 2.29 bits per heavy atom. The summed E-state index contributed by atoms with van der Waals surface area (Å²) >= 11 is 0. The minimum Gasteiger partial charge on any atom is -0.490 e. The van der Waals surface area contributed by atoms with Crippen LogP contribution in [-0.2, 0) is 9.84 Å². The topological polar surface area (TPSA) is 69.4 Å². The van der Waals surface area contributed by atoms with Crippen LogP contribution in [0.3, 0.4) is 0 Å². The normalized spacial score (nSPS) is 23.8. The molecule has 21 heavy (non-hydrogen) atoms. The predicted octanol–water partition coefficient (Wildman–Crippen LogP) is 2.63. The molecule has 1 aromatic carbocycles. The maximum Gasteiger partial charge on any atom is 0.501 e. The van der Waals surface area contributed by atoms with Gasteiger partial charge in [-0.05, 0) is 49.9 Å². The molecule has 2 rings (SSSR count). The van der Waals surface area contributed by atoms with Crippen molar-refractivity contribution in [1.29, 1.82) is 0 Å². The van der Waals surface area contributed by atoms with Gasteiger partial charge in [-0.1, -0.05) is 0 Å². The van der Waals surface area contributed by atoms with E-state index in [9.17, 15) is 21.6 Å². The van der Waals surface area contributed by atoms with Crippen LogP contribution in [0.5, 0.6) is 5.75 Å². The molecule has 0 amide bonds. The van der Waals surface area contributed by atoms with Gasteiger partial charge in [-0.15, -0.1) is 0 Å². The molecule has 0 spiro atoms. The number of nitrogens with two attached hydrogens (primary N) is 1. The lowest BCUT2D eigenvalue weighted by Gasteiger charge is -2.27. The number of ether oxygens (including phenoxy) is 1. The average Bonchev–Trinajstić information content (AvgIpc) is 2.38. The van der Waals surface area contributed by atoms with Gasteiger partial charge in [0.25, 0.3) is 9.84 Å². The third-order valence-electron chi connectivity index (χ3n) is 3.41. The smallest absolute Gasteiger partial charge is 0.490 e. The number of hydrogen-bond donors (Lipinski definition) is 1. The van der Waals surface area contributed by atoms with Crippen molar-refractivity contribution in [2.45, 2.75) is 48.2 Å². The Morgan fingerprint density at radius 2 is 1.76 bits per heavy atom. The fourth-order valence-electron chi connectivity index (χ4n) is 2.31. The Hall–Kier alpha value is -1.28. The Labute approximate surface area is 121 Å². The van der Waals surface area contributed by atoms with Gasteiger partial charge in [0, 0.05) is 6.04 Å². The maximum atomic E-state index is 12.4. The highest BCUT2D eigenvalue weighted by atomic mass is 32.2. The van der Waals surface area contributed by atoms with Gasteiger partial charge in [-0.25, -0.2) is 8.42 Å². The van der Waals surface area contributed by atoms with Crippen LogP contribution in [-0.4, -0.2) is 26.1 Å². The molecule has 0 aromatic heterocycles. The fourth-order valence-corrected chi connectivity index (χ4v) is 3.07. The number of alkyl halides is 3. The number of hydrogen-bond acceptors (Lipinski definition) is 4. The molecule has 118 valence electrons. The van der Waals surface area contributed by atoms with E-state index in [0.717, 1.165) is 31.4 Å². The minimum atomic E-state index is -5.31. The summed E-state index contributed by atoms with van der Waals surface area (Å²) in [7, 11) is -5.31. The number of benzene rings is 1. The molecule has 1 saturated carbocycles. The van der Waals surface area contributed by atoms with Crippen LogP contribution in [0.15, 0.2) is 29.2 Å². The Balaban J connectivity index is 2.09. The maximum absolute atomic E-state index is 12.4. The second kappa shape index (κ2) is 5.84. The first-order chi connectivity index (χ1) is 9.70. The van der Waals surface area contributed by atoms with E-state index in [2.05, 4.69) is 0 Å². The largest absolute Gasteiger partial charge is 0.501 e. The van der Waals surface area contributed by atoms with E-state index < -0.39 is 20.2 Å². The zero-order chi connectivity index (χ0) is 15.7. The summed E-state index contributed by atoms with van der Waals surface area (Å²) in [6, 6.07) is 4.34. The SMILES string of the molecule is NC1CCCC(Oc2ccc(S(=O)(=O)C(F)(F)F)cc2)C1. The molecule has 1 fully saturated rings. The quantitative estimate of drug-likeness (QED) is 0.928. The van der Waals surface area contributed by atoms with E-state index in [4.69, 9.17) is 10.5 Å². The molecule has 1 aromatic rings. The van der Waals surface area contributed by atoms with Crippen molar-refractivity contribution >= 4 is 9.84 Å². The van der Waals surface area contributed by atoms with Crippen LogP contribution >= 0.6 is 0 Å². The molecule has 0 aliphatic heterocycles. The van der Waals surface area contributed by atoms with E-state index >= 15 is 0 Å². The fraction of sp³-hybridized carbons (Fsp3) is 0.538. The minimum absolute atomic E-state index is 0.0635. The van der Waals surface area contributed by atoms with Crippen molar-refractivity contribution < 1.29 is 26.3 Å². The summed E-state index contributed by atoms with van der Waals surface area (Å²) in [6.45, 7) is 0. The molecule has 0 heterocycles. The molecule has 0 radical (unpaired) electrons. The van der Waals surface area contributed by atoms with E-state index in [1.165, 1.54) is 12.1 Å². The van der Waals surface area contributed by atoms with Crippen molar-refractivity contribution in [3.05, 3.63) is 24.3 Å². The summed E-state index contributed by atoms with van der Waals surface area (Å²) in [4.78, 5) is -0.789. The molecule has 8 heteroatoms. The van der Waals surface area contributed by atoms with Crippen LogP contribution in [0, 0.1) is 0 Å². The van der Waals surface area contributed by atoms with Crippen molar-refractivity contribution in [3.8, 4) is 5.75 Å². The first-order valence-electron chi connectivity index (χ1n) is 6.54. The molecule has 2 unspecified atom stereocenters. The van der Waals surface area contributed by atoms with Crippen molar-refractivity contribution in [1.82, 2.24) is 0 Å². The van der Waals surface area contributed by atoms with Crippen LogP contribution in [0.2, 0.25) is 0 Å². The highest BCUT2D eigenvalue weighted by molar-refractivity contribution is 7.92. The van der Waals surface area contributed by atoms with Crippen molar-refractivity contribution in [2.24, 2.45) is 5.73 Å². The average molecular weight is 323 g/mol. The lowest BCUT2D eigenvalue weighted by molar-refractivity contribution is -0.0436. The van der Waals surface area contributed by atoms with E-state index in [1.54, 1.807) is 0 Å². The van der Waals surface area contributed by atoms with Gasteiger partial charge in [0.15, 0.2) is 0 Å². The molecule has 2 atom stereocenters. The lowest BCUT2D eigenvalue weighted by Crippen LogP contribution is -2.33. The van der Waals surface area contributed by atoms with Gasteiger partial charge in [0.2, 0.25) is 0 Å². The standard InChI is InChI=1S/C13H16F3NO3S/c14-13(15,16)21(18,19)12-6-4-10(5-7-12)20-11-3-1-2-9(17)8-11/h4-7,9,11H,1-3,8,17H2. The van der Waals surface area contributed by atoms with Crippen LogP contribution in [0.4, 0.5) is 13.2 Å². The second-order valence-corrected chi connectivity index (χ2v) is 7.03. The molecule has 0 saturated heterocycles. The number of sulfone groups is 1. The molecule has 0 bridgehead atoms. The Bertz CT molecular complexity index is 584. The highest BCUT2D eigenvalue weighted by Gasteiger charge is 2.46. The number of halogens is 3.